The van der Waals surface area contributed by atoms with E-state index in [4.69, 9.17) is 22.9 Å². The van der Waals surface area contributed by atoms with Gasteiger partial charge in [-0.25, -0.2) is 0 Å². The number of fused-ring (bicyclic) bond motifs is 21. The molecule has 110 heavy (non-hydrogen) atoms. The van der Waals surface area contributed by atoms with E-state index in [1.807, 2.05) is 36.4 Å². The molecule has 0 aliphatic heterocycles. The van der Waals surface area contributed by atoms with Gasteiger partial charge < -0.3 is 22.9 Å². The van der Waals surface area contributed by atoms with Crippen molar-refractivity contribution >= 4 is 105 Å². The van der Waals surface area contributed by atoms with Gasteiger partial charge in [-0.15, -0.1) is 0 Å². The summed E-state index contributed by atoms with van der Waals surface area (Å²) in [5.41, 5.74) is 39.1. The van der Waals surface area contributed by atoms with Crippen molar-refractivity contribution in [3.63, 3.8) is 0 Å². The highest BCUT2D eigenvalue weighted by Crippen LogP contribution is 2.59. The molecule has 15 aromatic carbocycles. The molecule has 4 aliphatic rings. The maximum Gasteiger partial charge on any atom is 0.569 e. The molecule has 5 nitrogen and oxygen atoms in total. The van der Waals surface area contributed by atoms with Gasteiger partial charge in [-0.3, -0.25) is 0 Å². The number of halogens is 2. The maximum atomic E-state index is 8.78. The predicted molar refractivity (Wildman–Crippen MR) is 463 cm³/mol. The van der Waals surface area contributed by atoms with Crippen molar-refractivity contribution in [2.75, 3.05) is 0 Å². The Kier molecular flexibility index (Phi) is 15.6. The van der Waals surface area contributed by atoms with Crippen LogP contribution in [0.4, 0.5) is 0 Å². The van der Waals surface area contributed by atoms with Crippen LogP contribution >= 0.6 is 31.9 Å². The van der Waals surface area contributed by atoms with Crippen LogP contribution in [0, 0.1) is 0 Å². The molecule has 0 amide bonds. The average Bonchev–Trinajstić information content (AvgIpc) is 1.54. The van der Waals surface area contributed by atoms with Crippen molar-refractivity contribution < 1.29 is 22.9 Å². The molecule has 0 atom stereocenters. The van der Waals surface area contributed by atoms with Crippen LogP contribution in [0.15, 0.2) is 319 Å². The number of hydrogen-bond acceptors (Lipinski definition) is 5. The average molecular weight is 1550 g/mol. The van der Waals surface area contributed by atoms with Crippen molar-refractivity contribution in [1.29, 1.82) is 0 Å². The lowest BCUT2D eigenvalue weighted by atomic mass is 9.77. The maximum absolute atomic E-state index is 8.78. The lowest BCUT2D eigenvalue weighted by Gasteiger charge is -2.26. The fourth-order valence-corrected chi connectivity index (χ4v) is 19.2. The van der Waals surface area contributed by atoms with Gasteiger partial charge in [-0.05, 0) is 272 Å². The fraction of sp³-hybridized carbons (Fsp3) is 0.118. The molecular weight excluding hydrogens is 1480 g/mol. The molecule has 18 aromatic rings. The highest BCUT2D eigenvalue weighted by molar-refractivity contribution is 9.10. The van der Waals surface area contributed by atoms with Crippen LogP contribution in [0.1, 0.15) is 99.9 Å². The zero-order valence-corrected chi connectivity index (χ0v) is 65.4. The Balaban J connectivity index is 0.000000134. The van der Waals surface area contributed by atoms with Crippen molar-refractivity contribution in [3.8, 4) is 106 Å². The van der Waals surface area contributed by atoms with Gasteiger partial charge in [0, 0.05) is 62.9 Å². The van der Waals surface area contributed by atoms with Gasteiger partial charge in [-0.2, -0.15) is 0 Å². The number of rotatable bonds is 7. The fourth-order valence-electron chi connectivity index (χ4n) is 18.5. The summed E-state index contributed by atoms with van der Waals surface area (Å²) in [7, 11) is 0.679. The molecule has 0 fully saturated rings. The number of benzene rings is 15. The zero-order chi connectivity index (χ0) is 74.9. The molecule has 0 spiro atoms. The first-order chi connectivity index (χ1) is 53.2. The second-order valence-corrected chi connectivity index (χ2v) is 34.0. The van der Waals surface area contributed by atoms with Crippen LogP contribution in [0.25, 0.3) is 166 Å². The summed E-state index contributed by atoms with van der Waals surface area (Å²) in [4.78, 5) is 0. The molecule has 0 saturated carbocycles. The van der Waals surface area contributed by atoms with Crippen LogP contribution in [0.5, 0.6) is 5.75 Å². The van der Waals surface area contributed by atoms with Gasteiger partial charge in [0.2, 0.25) is 0 Å². The number of hydrogen-bond donors (Lipinski definition) is 1. The molecule has 1 N–H and O–H groups in total. The third-order valence-electron chi connectivity index (χ3n) is 24.4. The smallest absolute Gasteiger partial charge is 0.537 e. The quantitative estimate of drug-likeness (QED) is 0.161. The Bertz CT molecular complexity index is 6550. The molecule has 0 unspecified atom stereocenters. The van der Waals surface area contributed by atoms with Crippen LogP contribution in [0.2, 0.25) is 0 Å². The van der Waals surface area contributed by atoms with E-state index in [-0.39, 0.29) is 21.7 Å². The summed E-state index contributed by atoms with van der Waals surface area (Å²) in [6.07, 6.45) is 0. The molecule has 0 saturated heterocycles. The van der Waals surface area contributed by atoms with E-state index in [9.17, 15) is 0 Å². The Labute approximate surface area is 657 Å². The molecule has 3 heterocycles. The van der Waals surface area contributed by atoms with Crippen LogP contribution < -0.4 is 4.65 Å². The van der Waals surface area contributed by atoms with Crippen LogP contribution in [-0.4, -0.2) is 12.7 Å². The minimum absolute atomic E-state index is 0.0227. The van der Waals surface area contributed by atoms with Gasteiger partial charge in [0.05, 0.1) is 0 Å². The second kappa shape index (κ2) is 25.3. The first kappa shape index (κ1) is 67.8. The third-order valence-corrected chi connectivity index (χ3v) is 25.4. The molecular formula is C102H74BBr2O5. The standard InChI is InChI=1S/C60H42O2.C24H20Br2.C18H12BO3/c1-59(2)51-31-41(39-19-25-57-49(29-39)47-27-37(17-23-55(47)61-57)35-11-7-5-8-12-35)15-21-43(51)45-33-46-44-22-16-42(32-52(44)60(3,4)54(46)34-53(45)59)40-20-26-58-50(30-40)48-28-38(18-24-56(48)62-58)36-13-9-6-10-14-36;1-23(2)19-9-13(25)5-7-15(19)17-11-18-16-8-6-14(26)10-20(16)24(3,4)22(18)12-21(17)23;20-19-22-14-7-9-18-16(11-14)15-10-13(6-8-17(15)21-18)12-4-2-1-3-5-12/h5-34H,1-4H3;5-12H,1-4H3;1-11,20H. The van der Waals surface area contributed by atoms with E-state index in [1.54, 1.807) is 6.07 Å². The topological polar surface area (TPSA) is 68.9 Å². The van der Waals surface area contributed by atoms with Crippen molar-refractivity contribution in [2.24, 2.45) is 0 Å². The molecule has 8 heteroatoms. The third kappa shape index (κ3) is 10.8. The van der Waals surface area contributed by atoms with E-state index >= 15 is 0 Å². The van der Waals surface area contributed by atoms with Gasteiger partial charge >= 0.3 is 7.69 Å². The highest BCUT2D eigenvalue weighted by Gasteiger charge is 2.44. The normalized spacial score (nSPS) is 14.4. The molecule has 22 rings (SSSR count). The lowest BCUT2D eigenvalue weighted by molar-refractivity contribution is 0.454. The summed E-state index contributed by atoms with van der Waals surface area (Å²) in [6, 6.07) is 107. The lowest BCUT2D eigenvalue weighted by Crippen LogP contribution is -2.19. The van der Waals surface area contributed by atoms with Crippen molar-refractivity contribution in [1.82, 2.24) is 0 Å². The monoisotopic (exact) mass is 1550 g/mol. The number of furan rings is 3. The van der Waals surface area contributed by atoms with E-state index in [0.29, 0.717) is 13.4 Å². The summed E-state index contributed by atoms with van der Waals surface area (Å²) in [6.45, 7) is 19.0. The summed E-state index contributed by atoms with van der Waals surface area (Å²) in [5.74, 6) is 0.572. The first-order valence-corrected chi connectivity index (χ1v) is 39.3. The van der Waals surface area contributed by atoms with Crippen molar-refractivity contribution in [2.45, 2.75) is 77.0 Å². The van der Waals surface area contributed by atoms with E-state index in [0.717, 1.165) is 85.9 Å². The zero-order valence-electron chi connectivity index (χ0n) is 62.2. The molecule has 0 bridgehead atoms. The van der Waals surface area contributed by atoms with Crippen molar-refractivity contribution in [3.05, 3.63) is 351 Å². The van der Waals surface area contributed by atoms with Gasteiger partial charge in [0.1, 0.15) is 39.2 Å². The highest BCUT2D eigenvalue weighted by atomic mass is 79.9. The Morgan fingerprint density at radius 1 is 0.236 bits per heavy atom. The molecule has 529 valence electrons. The minimum atomic E-state index is -0.161. The Morgan fingerprint density at radius 2 is 0.482 bits per heavy atom. The Morgan fingerprint density at radius 3 is 0.791 bits per heavy atom. The van der Waals surface area contributed by atoms with Crippen LogP contribution in [-0.2, 0) is 21.7 Å². The first-order valence-electron chi connectivity index (χ1n) is 37.7. The minimum Gasteiger partial charge on any atom is -0.537 e. The van der Waals surface area contributed by atoms with E-state index in [2.05, 4.69) is 342 Å². The molecule has 1 radical (unpaired) electrons. The van der Waals surface area contributed by atoms with Gasteiger partial charge in [0.25, 0.3) is 0 Å². The summed E-state index contributed by atoms with van der Waals surface area (Å²) >= 11 is 7.31. The van der Waals surface area contributed by atoms with Crippen LogP contribution in [0.3, 0.4) is 0 Å². The second-order valence-electron chi connectivity index (χ2n) is 32.1. The SMILES string of the molecule is CC1(C)c2cc(-c3ccc4oc5ccc(-c6ccccc6)cc5c4c3)ccc2-c2cc3c(cc21)C(C)(C)c1cc(-c2ccc4oc5ccc(-c6ccccc6)cc5c4c2)ccc1-3.CC1(C)c2cc(Br)ccc2-c2cc3c(cc21)C(C)(C)c1cc(Br)ccc1-3.O[B]Oc1ccc2oc3ccc(-c4ccccc4)cc3c2c1. The molecule has 4 aliphatic carbocycles. The van der Waals surface area contributed by atoms with E-state index < -0.39 is 0 Å². The molecule has 3 aromatic heterocycles. The summed E-state index contributed by atoms with van der Waals surface area (Å²) in [5, 5.41) is 15.4. The van der Waals surface area contributed by atoms with Gasteiger partial charge in [0.15, 0.2) is 0 Å². The largest absolute Gasteiger partial charge is 0.569 e. The van der Waals surface area contributed by atoms with Gasteiger partial charge in [-0.1, -0.05) is 257 Å². The predicted octanol–water partition coefficient (Wildman–Crippen LogP) is 28.7. The summed E-state index contributed by atoms with van der Waals surface area (Å²) < 4.78 is 25.9. The van der Waals surface area contributed by atoms with E-state index in [1.165, 1.54) is 134 Å². The Hall–Kier alpha value is -11.5.